The average Bonchev–Trinajstić information content (AvgIpc) is 3.08. The zero-order chi connectivity index (χ0) is 16.9. The van der Waals surface area contributed by atoms with Crippen LogP contribution >= 0.6 is 22.9 Å². The van der Waals surface area contributed by atoms with Crippen LogP contribution in [-0.4, -0.2) is 16.1 Å². The van der Waals surface area contributed by atoms with Crippen LogP contribution in [-0.2, 0) is 0 Å². The number of halogens is 1. The van der Waals surface area contributed by atoms with Crippen LogP contribution in [0.4, 0.5) is 5.69 Å². The number of hydrogen-bond donors (Lipinski definition) is 1. The molecule has 3 rings (SSSR count). The Morgan fingerprint density at radius 2 is 1.71 bits per heavy atom. The molecule has 1 amide bonds. The summed E-state index contributed by atoms with van der Waals surface area (Å²) >= 11 is 7.45. The number of anilines is 1. The van der Waals surface area contributed by atoms with Crippen molar-refractivity contribution in [2.75, 3.05) is 5.32 Å². The van der Waals surface area contributed by atoms with Crippen LogP contribution in [0.3, 0.4) is 0 Å². The minimum Gasteiger partial charge on any atom is -0.320 e. The van der Waals surface area contributed by atoms with Gasteiger partial charge in [0.1, 0.15) is 0 Å². The lowest BCUT2D eigenvalue weighted by atomic mass is 10.1. The maximum Gasteiger partial charge on any atom is 0.286 e. The maximum absolute atomic E-state index is 12.2. The van der Waals surface area contributed by atoms with E-state index in [9.17, 15) is 4.79 Å². The molecule has 1 heterocycles. The Bertz CT molecular complexity index is 873. The fourth-order valence-corrected chi connectivity index (χ4v) is 2.91. The van der Waals surface area contributed by atoms with Gasteiger partial charge in [-0.2, -0.15) is 0 Å². The Hall–Kier alpha value is -2.50. The molecule has 0 saturated carbocycles. The van der Waals surface area contributed by atoms with E-state index in [4.69, 9.17) is 11.6 Å². The van der Waals surface area contributed by atoms with E-state index in [2.05, 4.69) is 15.5 Å². The lowest BCUT2D eigenvalue weighted by Gasteiger charge is -2.00. The molecule has 0 fully saturated rings. The van der Waals surface area contributed by atoms with Crippen LogP contribution in [0.1, 0.15) is 25.9 Å². The molecule has 2 aromatic carbocycles. The molecule has 4 nitrogen and oxygen atoms in total. The SMILES string of the molecule is Cc1ccc(/C=C(\Cl)c2nnc(C(=O)Nc3ccccc3)s2)cc1. The quantitative estimate of drug-likeness (QED) is 0.728. The minimum atomic E-state index is -0.301. The second kappa shape index (κ2) is 7.38. The zero-order valence-corrected chi connectivity index (χ0v) is 14.4. The molecule has 120 valence electrons. The summed E-state index contributed by atoms with van der Waals surface area (Å²) in [5.41, 5.74) is 2.86. The van der Waals surface area contributed by atoms with Gasteiger partial charge in [0.25, 0.3) is 5.91 Å². The normalized spacial score (nSPS) is 11.3. The largest absolute Gasteiger partial charge is 0.320 e. The van der Waals surface area contributed by atoms with Gasteiger partial charge in [0.05, 0.1) is 5.03 Å². The van der Waals surface area contributed by atoms with E-state index < -0.39 is 0 Å². The molecule has 0 spiro atoms. The summed E-state index contributed by atoms with van der Waals surface area (Å²) < 4.78 is 0. The smallest absolute Gasteiger partial charge is 0.286 e. The highest BCUT2D eigenvalue weighted by molar-refractivity contribution is 7.15. The molecule has 0 atom stereocenters. The molecule has 0 bridgehead atoms. The van der Waals surface area contributed by atoms with Crippen molar-refractivity contribution >= 4 is 45.6 Å². The van der Waals surface area contributed by atoms with Crippen LogP contribution in [0.2, 0.25) is 0 Å². The number of nitrogens with zero attached hydrogens (tertiary/aromatic N) is 2. The summed E-state index contributed by atoms with van der Waals surface area (Å²) in [4.78, 5) is 12.2. The molecule has 6 heteroatoms. The maximum atomic E-state index is 12.2. The Labute approximate surface area is 148 Å². The van der Waals surface area contributed by atoms with Crippen molar-refractivity contribution in [2.24, 2.45) is 0 Å². The van der Waals surface area contributed by atoms with Gasteiger partial charge in [-0.05, 0) is 30.7 Å². The molecular weight excluding hydrogens is 342 g/mol. The highest BCUT2D eigenvalue weighted by Crippen LogP contribution is 2.25. The van der Waals surface area contributed by atoms with Crippen LogP contribution < -0.4 is 5.32 Å². The van der Waals surface area contributed by atoms with E-state index in [0.717, 1.165) is 16.9 Å². The van der Waals surface area contributed by atoms with Gasteiger partial charge in [-0.15, -0.1) is 10.2 Å². The number of carbonyl (C=O) groups excluding carboxylic acids is 1. The fourth-order valence-electron chi connectivity index (χ4n) is 1.99. The van der Waals surface area contributed by atoms with Gasteiger partial charge in [0.2, 0.25) is 5.01 Å². The van der Waals surface area contributed by atoms with E-state index in [1.807, 2.05) is 61.5 Å². The third-order valence-electron chi connectivity index (χ3n) is 3.23. The number of aryl methyl sites for hydroxylation is 1. The number of hydrogen-bond acceptors (Lipinski definition) is 4. The molecule has 0 aliphatic carbocycles. The average molecular weight is 356 g/mol. The zero-order valence-electron chi connectivity index (χ0n) is 12.9. The van der Waals surface area contributed by atoms with Crippen molar-refractivity contribution in [2.45, 2.75) is 6.92 Å². The summed E-state index contributed by atoms with van der Waals surface area (Å²) in [6, 6.07) is 17.2. The van der Waals surface area contributed by atoms with Crippen molar-refractivity contribution < 1.29 is 4.79 Å². The van der Waals surface area contributed by atoms with Gasteiger partial charge in [-0.1, -0.05) is 71.0 Å². The Balaban J connectivity index is 1.74. The van der Waals surface area contributed by atoms with E-state index in [-0.39, 0.29) is 10.9 Å². The van der Waals surface area contributed by atoms with Crippen LogP contribution in [0.15, 0.2) is 54.6 Å². The van der Waals surface area contributed by atoms with E-state index in [0.29, 0.717) is 15.7 Å². The van der Waals surface area contributed by atoms with Gasteiger partial charge in [-0.3, -0.25) is 4.79 Å². The molecule has 0 unspecified atom stereocenters. The van der Waals surface area contributed by atoms with Crippen molar-refractivity contribution in [1.82, 2.24) is 10.2 Å². The Kier molecular flexibility index (Phi) is 5.03. The van der Waals surface area contributed by atoms with Gasteiger partial charge in [0.15, 0.2) is 5.01 Å². The highest BCUT2D eigenvalue weighted by Gasteiger charge is 2.14. The van der Waals surface area contributed by atoms with Crippen molar-refractivity contribution in [3.05, 3.63) is 75.7 Å². The predicted octanol–water partition coefficient (Wildman–Crippen LogP) is 4.84. The minimum absolute atomic E-state index is 0.268. The topological polar surface area (TPSA) is 54.9 Å². The number of para-hydroxylation sites is 1. The standard InChI is InChI=1S/C18H14ClN3OS/c1-12-7-9-13(10-8-12)11-15(19)17-21-22-18(24-17)16(23)20-14-5-3-2-4-6-14/h2-11H,1H3,(H,20,23)/b15-11-. The summed E-state index contributed by atoms with van der Waals surface area (Å²) in [5.74, 6) is -0.301. The van der Waals surface area contributed by atoms with Gasteiger partial charge in [-0.25, -0.2) is 0 Å². The number of benzene rings is 2. The van der Waals surface area contributed by atoms with E-state index >= 15 is 0 Å². The first-order chi connectivity index (χ1) is 11.6. The monoisotopic (exact) mass is 355 g/mol. The number of aromatic nitrogens is 2. The van der Waals surface area contributed by atoms with Crippen LogP contribution in [0.25, 0.3) is 11.1 Å². The van der Waals surface area contributed by atoms with Crippen molar-refractivity contribution in [3.8, 4) is 0 Å². The second-order valence-corrected chi connectivity index (χ2v) is 6.52. The third-order valence-corrected chi connectivity index (χ3v) is 4.58. The predicted molar refractivity (Wildman–Crippen MR) is 99.2 cm³/mol. The number of rotatable bonds is 4. The van der Waals surface area contributed by atoms with E-state index in [1.165, 1.54) is 5.56 Å². The second-order valence-electron chi connectivity index (χ2n) is 5.14. The Morgan fingerprint density at radius 3 is 2.42 bits per heavy atom. The Morgan fingerprint density at radius 1 is 1.04 bits per heavy atom. The number of amides is 1. The summed E-state index contributed by atoms with van der Waals surface area (Å²) in [5, 5.41) is 11.9. The third kappa shape index (κ3) is 4.07. The first kappa shape index (κ1) is 16.4. The molecule has 1 aromatic heterocycles. The van der Waals surface area contributed by atoms with E-state index in [1.54, 1.807) is 6.08 Å². The summed E-state index contributed by atoms with van der Waals surface area (Å²) in [7, 11) is 0. The lowest BCUT2D eigenvalue weighted by molar-refractivity contribution is 0.102. The first-order valence-corrected chi connectivity index (χ1v) is 8.45. The summed E-state index contributed by atoms with van der Waals surface area (Å²) in [6.45, 7) is 2.03. The molecule has 0 aliphatic rings. The highest BCUT2D eigenvalue weighted by atomic mass is 35.5. The van der Waals surface area contributed by atoms with Crippen molar-refractivity contribution in [1.29, 1.82) is 0 Å². The first-order valence-electron chi connectivity index (χ1n) is 7.26. The molecule has 24 heavy (non-hydrogen) atoms. The molecule has 0 saturated heterocycles. The molecule has 1 N–H and O–H groups in total. The molecule has 3 aromatic rings. The molecule has 0 radical (unpaired) electrons. The molecular formula is C18H14ClN3OS. The van der Waals surface area contributed by atoms with Gasteiger partial charge in [0, 0.05) is 5.69 Å². The van der Waals surface area contributed by atoms with Gasteiger partial charge >= 0.3 is 0 Å². The molecule has 0 aliphatic heterocycles. The van der Waals surface area contributed by atoms with Crippen LogP contribution in [0, 0.1) is 6.92 Å². The fraction of sp³-hybridized carbons (Fsp3) is 0.0556. The number of carbonyl (C=O) groups is 1. The van der Waals surface area contributed by atoms with Crippen LogP contribution in [0.5, 0.6) is 0 Å². The summed E-state index contributed by atoms with van der Waals surface area (Å²) in [6.07, 6.45) is 1.81. The van der Waals surface area contributed by atoms with Gasteiger partial charge < -0.3 is 5.32 Å². The lowest BCUT2D eigenvalue weighted by Crippen LogP contribution is -2.11. The number of nitrogens with one attached hydrogen (secondary N) is 1. The van der Waals surface area contributed by atoms with Crippen molar-refractivity contribution in [3.63, 3.8) is 0 Å².